The summed E-state index contributed by atoms with van der Waals surface area (Å²) in [6.07, 6.45) is 9.24. The topological polar surface area (TPSA) is 32.7 Å². The second-order valence-electron chi connectivity index (χ2n) is 5.09. The zero-order chi connectivity index (χ0) is 16.5. The average Bonchev–Trinajstić information content (AvgIpc) is 2.51. The fraction of sp³-hybridized carbons (Fsp3) is 0.263. The van der Waals surface area contributed by atoms with Crippen LogP contribution < -0.4 is 0 Å². The van der Waals surface area contributed by atoms with Crippen LogP contribution in [0.15, 0.2) is 53.2 Å². The molecule has 116 valence electrons. The van der Waals surface area contributed by atoms with Gasteiger partial charge >= 0.3 is 0 Å². The molecule has 3 nitrogen and oxygen atoms in total. The lowest BCUT2D eigenvalue weighted by molar-refractivity contribution is -0.125. The zero-order valence-electron chi connectivity index (χ0n) is 13.8. The predicted octanol–water partition coefficient (Wildman–Crippen LogP) is 4.28. The molecule has 3 heteroatoms. The van der Waals surface area contributed by atoms with Crippen molar-refractivity contribution in [1.82, 2.24) is 5.01 Å². The average molecular weight is 296 g/mol. The van der Waals surface area contributed by atoms with E-state index in [0.717, 1.165) is 5.57 Å². The monoisotopic (exact) mass is 296 g/mol. The van der Waals surface area contributed by atoms with Crippen LogP contribution in [0.25, 0.3) is 6.08 Å². The van der Waals surface area contributed by atoms with E-state index in [0.29, 0.717) is 6.54 Å². The first kappa shape index (κ1) is 17.6. The van der Waals surface area contributed by atoms with E-state index in [2.05, 4.69) is 49.9 Å². The summed E-state index contributed by atoms with van der Waals surface area (Å²) in [4.78, 5) is 11.9. The minimum atomic E-state index is -0.169. The second-order valence-corrected chi connectivity index (χ2v) is 5.09. The van der Waals surface area contributed by atoms with E-state index in [4.69, 9.17) is 0 Å². The Hall–Kier alpha value is -2.42. The highest BCUT2D eigenvalue weighted by Crippen LogP contribution is 2.14. The van der Waals surface area contributed by atoms with Gasteiger partial charge in [-0.1, -0.05) is 48.1 Å². The molecule has 22 heavy (non-hydrogen) atoms. The highest BCUT2D eigenvalue weighted by atomic mass is 16.2. The number of hydrogen-bond acceptors (Lipinski definition) is 2. The Bertz CT molecular complexity index is 624. The number of aryl methyl sites for hydroxylation is 2. The van der Waals surface area contributed by atoms with Gasteiger partial charge in [0, 0.05) is 12.8 Å². The standard InChI is InChI=1S/C19H24N2O/c1-6-8-19(22)21(20-5)14-17(7-2)11-12-18-13-15(3)9-10-16(18)4/h6-13H,5,14H2,1-4H3/b8-6-,12-11-,17-7?. The molecule has 0 radical (unpaired) electrons. The molecule has 0 N–H and O–H groups in total. The van der Waals surface area contributed by atoms with Crippen molar-refractivity contribution in [3.8, 4) is 0 Å². The van der Waals surface area contributed by atoms with Gasteiger partial charge in [0.15, 0.2) is 0 Å². The molecule has 1 aromatic rings. The molecular formula is C19H24N2O. The van der Waals surface area contributed by atoms with E-state index in [1.165, 1.54) is 27.8 Å². The quantitative estimate of drug-likeness (QED) is 0.334. The van der Waals surface area contributed by atoms with E-state index in [-0.39, 0.29) is 5.91 Å². The van der Waals surface area contributed by atoms with Crippen molar-refractivity contribution in [2.24, 2.45) is 5.10 Å². The van der Waals surface area contributed by atoms with Gasteiger partial charge in [-0.25, -0.2) is 5.01 Å². The fourth-order valence-electron chi connectivity index (χ4n) is 1.98. The van der Waals surface area contributed by atoms with E-state index >= 15 is 0 Å². The van der Waals surface area contributed by atoms with Crippen LogP contribution in [0.2, 0.25) is 0 Å². The number of carbonyl (C=O) groups is 1. The molecule has 0 saturated heterocycles. The number of nitrogens with zero attached hydrogens (tertiary/aromatic N) is 2. The van der Waals surface area contributed by atoms with Gasteiger partial charge in [0.05, 0.1) is 6.54 Å². The highest BCUT2D eigenvalue weighted by molar-refractivity contribution is 5.87. The minimum Gasteiger partial charge on any atom is -0.268 e. The largest absolute Gasteiger partial charge is 0.268 e. The van der Waals surface area contributed by atoms with Crippen LogP contribution in [0.4, 0.5) is 0 Å². The van der Waals surface area contributed by atoms with E-state index in [1.807, 2.05) is 19.1 Å². The van der Waals surface area contributed by atoms with Crippen LogP contribution in [0.1, 0.15) is 30.5 Å². The van der Waals surface area contributed by atoms with Gasteiger partial charge < -0.3 is 0 Å². The molecule has 0 fully saturated rings. The Morgan fingerprint density at radius 3 is 2.59 bits per heavy atom. The molecule has 1 rings (SSSR count). The first-order chi connectivity index (χ1) is 10.5. The first-order valence-electron chi connectivity index (χ1n) is 7.33. The summed E-state index contributed by atoms with van der Waals surface area (Å²) in [7, 11) is 0. The smallest absolute Gasteiger partial charge is 0.266 e. The van der Waals surface area contributed by atoms with Crippen LogP contribution in [0, 0.1) is 13.8 Å². The number of hydrogen-bond donors (Lipinski definition) is 0. The third-order valence-corrected chi connectivity index (χ3v) is 3.35. The zero-order valence-corrected chi connectivity index (χ0v) is 13.8. The second kappa shape index (κ2) is 8.78. The maximum atomic E-state index is 11.9. The van der Waals surface area contributed by atoms with Gasteiger partial charge in [-0.05, 0) is 44.4 Å². The normalized spacial score (nSPS) is 12.1. The molecule has 0 aliphatic heterocycles. The van der Waals surface area contributed by atoms with E-state index in [9.17, 15) is 4.79 Å². The molecule has 1 aromatic carbocycles. The van der Waals surface area contributed by atoms with Crippen LogP contribution in [0.5, 0.6) is 0 Å². The summed E-state index contributed by atoms with van der Waals surface area (Å²) in [5.41, 5.74) is 4.63. The molecular weight excluding hydrogens is 272 g/mol. The number of carbonyl (C=O) groups excluding carboxylic acids is 1. The third-order valence-electron chi connectivity index (χ3n) is 3.35. The predicted molar refractivity (Wildman–Crippen MR) is 94.8 cm³/mol. The van der Waals surface area contributed by atoms with Crippen molar-refractivity contribution in [3.63, 3.8) is 0 Å². The molecule has 0 atom stereocenters. The summed E-state index contributed by atoms with van der Waals surface area (Å²) in [5.74, 6) is -0.169. The molecule has 0 aliphatic carbocycles. The summed E-state index contributed by atoms with van der Waals surface area (Å²) >= 11 is 0. The van der Waals surface area contributed by atoms with Gasteiger partial charge in [0.2, 0.25) is 0 Å². The molecule has 0 saturated carbocycles. The Morgan fingerprint density at radius 1 is 1.27 bits per heavy atom. The summed E-state index contributed by atoms with van der Waals surface area (Å²) in [5, 5.41) is 5.14. The van der Waals surface area contributed by atoms with Gasteiger partial charge in [0.25, 0.3) is 5.91 Å². The third kappa shape index (κ3) is 5.17. The number of benzene rings is 1. The number of rotatable bonds is 6. The summed E-state index contributed by atoms with van der Waals surface area (Å²) < 4.78 is 0. The molecule has 0 unspecified atom stereocenters. The van der Waals surface area contributed by atoms with Crippen molar-refractivity contribution in [3.05, 3.63) is 64.8 Å². The van der Waals surface area contributed by atoms with Crippen LogP contribution >= 0.6 is 0 Å². The molecule has 0 aliphatic rings. The number of allylic oxidation sites excluding steroid dienone is 2. The molecule has 0 heterocycles. The maximum absolute atomic E-state index is 11.9. The van der Waals surface area contributed by atoms with Gasteiger partial charge in [-0.2, -0.15) is 5.10 Å². The minimum absolute atomic E-state index is 0.169. The summed E-state index contributed by atoms with van der Waals surface area (Å²) in [6.45, 7) is 11.8. The fourth-order valence-corrected chi connectivity index (χ4v) is 1.98. The molecule has 1 amide bonds. The van der Waals surface area contributed by atoms with Crippen molar-refractivity contribution in [2.75, 3.05) is 6.54 Å². The van der Waals surface area contributed by atoms with Crippen LogP contribution in [0.3, 0.4) is 0 Å². The lowest BCUT2D eigenvalue weighted by Gasteiger charge is -2.15. The highest BCUT2D eigenvalue weighted by Gasteiger charge is 2.08. The Kier molecular flexibility index (Phi) is 7.03. The Labute approximate surface area is 133 Å². The first-order valence-corrected chi connectivity index (χ1v) is 7.33. The van der Waals surface area contributed by atoms with E-state index in [1.54, 1.807) is 13.0 Å². The molecule has 0 aromatic heterocycles. The van der Waals surface area contributed by atoms with Gasteiger partial charge in [0.1, 0.15) is 0 Å². The lowest BCUT2D eigenvalue weighted by Crippen LogP contribution is -2.25. The van der Waals surface area contributed by atoms with Crippen LogP contribution in [-0.4, -0.2) is 24.2 Å². The summed E-state index contributed by atoms with van der Waals surface area (Å²) in [6, 6.07) is 6.35. The van der Waals surface area contributed by atoms with Gasteiger partial charge in [-0.3, -0.25) is 4.79 Å². The van der Waals surface area contributed by atoms with Gasteiger partial charge in [-0.15, -0.1) is 0 Å². The number of hydrazone groups is 1. The SMILES string of the molecule is C=NN(CC(=CC)/C=C\c1cc(C)ccc1C)C(=O)/C=C\C. The Balaban J connectivity index is 2.89. The van der Waals surface area contributed by atoms with Crippen molar-refractivity contribution in [2.45, 2.75) is 27.7 Å². The molecule has 0 bridgehead atoms. The number of amides is 1. The van der Waals surface area contributed by atoms with Crippen molar-refractivity contribution < 1.29 is 4.79 Å². The van der Waals surface area contributed by atoms with E-state index < -0.39 is 0 Å². The lowest BCUT2D eigenvalue weighted by atomic mass is 10.0. The maximum Gasteiger partial charge on any atom is 0.266 e. The van der Waals surface area contributed by atoms with Crippen molar-refractivity contribution >= 4 is 18.7 Å². The van der Waals surface area contributed by atoms with Crippen molar-refractivity contribution in [1.29, 1.82) is 0 Å². The molecule has 0 spiro atoms. The van der Waals surface area contributed by atoms with Crippen LogP contribution in [-0.2, 0) is 4.79 Å². The Morgan fingerprint density at radius 2 is 2.00 bits per heavy atom.